The number of carbonyl (C=O) groups excluding carboxylic acids is 1. The van der Waals surface area contributed by atoms with Crippen molar-refractivity contribution >= 4 is 5.91 Å². The first kappa shape index (κ1) is 14.0. The monoisotopic (exact) mass is 246 g/mol. The van der Waals surface area contributed by atoms with Crippen LogP contribution in [0.1, 0.15) is 31.7 Å². The number of amides is 1. The van der Waals surface area contributed by atoms with Gasteiger partial charge in [-0.3, -0.25) is 4.79 Å². The van der Waals surface area contributed by atoms with Gasteiger partial charge in [-0.25, -0.2) is 0 Å². The minimum atomic E-state index is -0.205. The van der Waals surface area contributed by atoms with Crippen LogP contribution in [0.3, 0.4) is 0 Å². The van der Waals surface area contributed by atoms with Gasteiger partial charge < -0.3 is 10.1 Å². The second-order valence-electron chi connectivity index (χ2n) is 4.24. The second-order valence-corrected chi connectivity index (χ2v) is 4.24. The summed E-state index contributed by atoms with van der Waals surface area (Å²) >= 11 is 0. The molecule has 4 nitrogen and oxygen atoms in total. The van der Waals surface area contributed by atoms with Gasteiger partial charge in [-0.1, -0.05) is 32.0 Å². The first-order chi connectivity index (χ1) is 8.65. The standard InChI is InChI=1S/C14H18N2O2/c1-11(2)12-6-3-4-7-13(12)18-10-14(17)16-9-5-8-15/h3-4,6-7,11H,5,9-10H2,1-2H3,(H,16,17). The van der Waals surface area contributed by atoms with E-state index in [1.165, 1.54) is 0 Å². The summed E-state index contributed by atoms with van der Waals surface area (Å²) in [6, 6.07) is 9.66. The summed E-state index contributed by atoms with van der Waals surface area (Å²) in [5, 5.41) is 11.0. The van der Waals surface area contributed by atoms with Crippen LogP contribution >= 0.6 is 0 Å². The van der Waals surface area contributed by atoms with E-state index in [9.17, 15) is 4.79 Å². The summed E-state index contributed by atoms with van der Waals surface area (Å²) in [7, 11) is 0. The molecular weight excluding hydrogens is 228 g/mol. The Hall–Kier alpha value is -2.02. The third-order valence-corrected chi connectivity index (χ3v) is 2.46. The second kappa shape index (κ2) is 7.33. The predicted octanol–water partition coefficient (Wildman–Crippen LogP) is 2.22. The number of ether oxygens (including phenoxy) is 1. The van der Waals surface area contributed by atoms with Crippen LogP contribution < -0.4 is 10.1 Å². The lowest BCUT2D eigenvalue weighted by atomic mass is 10.0. The molecule has 0 atom stereocenters. The number of benzene rings is 1. The van der Waals surface area contributed by atoms with E-state index in [1.807, 2.05) is 30.3 Å². The number of nitriles is 1. The number of hydrogen-bond donors (Lipinski definition) is 1. The smallest absolute Gasteiger partial charge is 0.257 e. The fourth-order valence-corrected chi connectivity index (χ4v) is 1.54. The molecule has 0 aliphatic rings. The molecule has 0 aliphatic heterocycles. The molecule has 0 bridgehead atoms. The van der Waals surface area contributed by atoms with E-state index < -0.39 is 0 Å². The first-order valence-electron chi connectivity index (χ1n) is 6.00. The molecule has 0 saturated carbocycles. The van der Waals surface area contributed by atoms with E-state index in [1.54, 1.807) is 0 Å². The lowest BCUT2D eigenvalue weighted by Gasteiger charge is -2.13. The summed E-state index contributed by atoms with van der Waals surface area (Å²) in [6.45, 7) is 4.50. The van der Waals surface area contributed by atoms with Crippen LogP contribution in [-0.4, -0.2) is 19.1 Å². The van der Waals surface area contributed by atoms with Crippen LogP contribution in [0.15, 0.2) is 24.3 Å². The topological polar surface area (TPSA) is 62.1 Å². The quantitative estimate of drug-likeness (QED) is 0.783. The number of rotatable bonds is 6. The van der Waals surface area contributed by atoms with Gasteiger partial charge in [-0.2, -0.15) is 5.26 Å². The third-order valence-electron chi connectivity index (χ3n) is 2.46. The Labute approximate surface area is 108 Å². The van der Waals surface area contributed by atoms with Crippen molar-refractivity contribution in [3.05, 3.63) is 29.8 Å². The molecule has 1 amide bonds. The van der Waals surface area contributed by atoms with E-state index in [4.69, 9.17) is 10.00 Å². The maximum Gasteiger partial charge on any atom is 0.257 e. The minimum Gasteiger partial charge on any atom is -0.483 e. The summed E-state index contributed by atoms with van der Waals surface area (Å²) in [5.74, 6) is 0.884. The van der Waals surface area contributed by atoms with Crippen LogP contribution in [0.2, 0.25) is 0 Å². The molecule has 1 rings (SSSR count). The molecule has 1 aromatic carbocycles. The third kappa shape index (κ3) is 4.46. The molecule has 4 heteroatoms. The van der Waals surface area contributed by atoms with Crippen LogP contribution in [0.4, 0.5) is 0 Å². The molecule has 1 aromatic rings. The van der Waals surface area contributed by atoms with Gasteiger partial charge in [0.1, 0.15) is 5.75 Å². The van der Waals surface area contributed by atoms with Gasteiger partial charge >= 0.3 is 0 Å². The Bertz CT molecular complexity index is 436. The summed E-state index contributed by atoms with van der Waals surface area (Å²) in [5.41, 5.74) is 1.09. The minimum absolute atomic E-state index is 0.0187. The van der Waals surface area contributed by atoms with E-state index in [0.29, 0.717) is 18.9 Å². The van der Waals surface area contributed by atoms with Crippen LogP contribution in [-0.2, 0) is 4.79 Å². The summed E-state index contributed by atoms with van der Waals surface area (Å²) in [6.07, 6.45) is 0.314. The summed E-state index contributed by atoms with van der Waals surface area (Å²) < 4.78 is 5.50. The zero-order chi connectivity index (χ0) is 13.4. The molecule has 1 N–H and O–H groups in total. The Morgan fingerprint density at radius 1 is 1.44 bits per heavy atom. The highest BCUT2D eigenvalue weighted by molar-refractivity contribution is 5.77. The molecule has 0 aliphatic carbocycles. The van der Waals surface area contributed by atoms with Crippen LogP contribution in [0.25, 0.3) is 0 Å². The Kier molecular flexibility index (Phi) is 5.72. The highest BCUT2D eigenvalue weighted by atomic mass is 16.5. The maximum atomic E-state index is 11.4. The fourth-order valence-electron chi connectivity index (χ4n) is 1.54. The molecule has 0 spiro atoms. The van der Waals surface area contributed by atoms with E-state index in [-0.39, 0.29) is 12.5 Å². The van der Waals surface area contributed by atoms with E-state index in [0.717, 1.165) is 11.3 Å². The average molecular weight is 246 g/mol. The van der Waals surface area contributed by atoms with Crippen molar-refractivity contribution in [1.82, 2.24) is 5.32 Å². The largest absolute Gasteiger partial charge is 0.483 e. The SMILES string of the molecule is CC(C)c1ccccc1OCC(=O)NCCC#N. The molecule has 0 fully saturated rings. The highest BCUT2D eigenvalue weighted by Gasteiger charge is 2.08. The van der Waals surface area contributed by atoms with Gasteiger partial charge in [0.2, 0.25) is 0 Å². The lowest BCUT2D eigenvalue weighted by molar-refractivity contribution is -0.123. The van der Waals surface area contributed by atoms with Crippen molar-refractivity contribution < 1.29 is 9.53 Å². The van der Waals surface area contributed by atoms with Gasteiger partial charge in [0, 0.05) is 6.54 Å². The zero-order valence-corrected chi connectivity index (χ0v) is 10.8. The first-order valence-corrected chi connectivity index (χ1v) is 6.00. The zero-order valence-electron chi connectivity index (χ0n) is 10.8. The Morgan fingerprint density at radius 3 is 2.83 bits per heavy atom. The van der Waals surface area contributed by atoms with Crippen LogP contribution in [0.5, 0.6) is 5.75 Å². The molecule has 0 unspecified atom stereocenters. The highest BCUT2D eigenvalue weighted by Crippen LogP contribution is 2.25. The van der Waals surface area contributed by atoms with Gasteiger partial charge in [-0.15, -0.1) is 0 Å². The number of nitrogens with one attached hydrogen (secondary N) is 1. The van der Waals surface area contributed by atoms with Crippen molar-refractivity contribution in [2.75, 3.05) is 13.2 Å². The Balaban J connectivity index is 2.48. The van der Waals surface area contributed by atoms with Gasteiger partial charge in [0.05, 0.1) is 12.5 Å². The van der Waals surface area contributed by atoms with Crippen LogP contribution in [0, 0.1) is 11.3 Å². The number of para-hydroxylation sites is 1. The molecule has 18 heavy (non-hydrogen) atoms. The number of carbonyl (C=O) groups is 1. The van der Waals surface area contributed by atoms with Crippen molar-refractivity contribution in [3.8, 4) is 11.8 Å². The fraction of sp³-hybridized carbons (Fsp3) is 0.429. The maximum absolute atomic E-state index is 11.4. The van der Waals surface area contributed by atoms with Gasteiger partial charge in [0.15, 0.2) is 6.61 Å². The number of nitrogens with zero attached hydrogens (tertiary/aromatic N) is 1. The summed E-state index contributed by atoms with van der Waals surface area (Å²) in [4.78, 5) is 11.4. The Morgan fingerprint density at radius 2 is 2.17 bits per heavy atom. The molecule has 0 aromatic heterocycles. The molecular formula is C14H18N2O2. The van der Waals surface area contributed by atoms with Crippen molar-refractivity contribution in [3.63, 3.8) is 0 Å². The average Bonchev–Trinajstić information content (AvgIpc) is 2.37. The van der Waals surface area contributed by atoms with E-state index >= 15 is 0 Å². The molecule has 0 saturated heterocycles. The molecule has 96 valence electrons. The van der Waals surface area contributed by atoms with Crippen molar-refractivity contribution in [1.29, 1.82) is 5.26 Å². The van der Waals surface area contributed by atoms with Crippen molar-refractivity contribution in [2.24, 2.45) is 0 Å². The number of hydrogen-bond acceptors (Lipinski definition) is 3. The normalized spacial score (nSPS) is 9.89. The predicted molar refractivity (Wildman–Crippen MR) is 69.3 cm³/mol. The van der Waals surface area contributed by atoms with Gasteiger partial charge in [0.25, 0.3) is 5.91 Å². The van der Waals surface area contributed by atoms with Crippen molar-refractivity contribution in [2.45, 2.75) is 26.2 Å². The lowest BCUT2D eigenvalue weighted by Crippen LogP contribution is -2.29. The molecule has 0 heterocycles. The van der Waals surface area contributed by atoms with E-state index in [2.05, 4.69) is 19.2 Å². The molecule has 0 radical (unpaired) electrons. The van der Waals surface area contributed by atoms with Gasteiger partial charge in [-0.05, 0) is 17.5 Å².